The molecule has 0 amide bonds. The molecular weight excluding hydrogens is 446 g/mol. The summed E-state index contributed by atoms with van der Waals surface area (Å²) in [5.41, 5.74) is -1.40. The summed E-state index contributed by atoms with van der Waals surface area (Å²) in [5.74, 6) is -6.49. The molecule has 1 heterocycles. The van der Waals surface area contributed by atoms with Crippen molar-refractivity contribution in [2.45, 2.75) is 16.8 Å². The van der Waals surface area contributed by atoms with Crippen LogP contribution in [-0.4, -0.2) is 17.8 Å². The van der Waals surface area contributed by atoms with Crippen molar-refractivity contribution in [1.82, 2.24) is 9.36 Å². The average molecular weight is 454 g/mol. The van der Waals surface area contributed by atoms with Gasteiger partial charge in [-0.05, 0) is 29.7 Å². The second-order valence-corrected chi connectivity index (χ2v) is 8.41. The molecule has 5 nitrogen and oxygen atoms in total. The molecule has 13 heteroatoms. The third-order valence-electron chi connectivity index (χ3n) is 3.47. The first kappa shape index (κ1) is 21.0. The van der Waals surface area contributed by atoms with Gasteiger partial charge in [0.15, 0.2) is 21.4 Å². The van der Waals surface area contributed by atoms with Crippen LogP contribution in [0.1, 0.15) is 10.6 Å². The quantitative estimate of drug-likeness (QED) is 0.521. The number of alkyl halides is 3. The zero-order valence-corrected chi connectivity index (χ0v) is 15.5. The lowest BCUT2D eigenvalue weighted by Gasteiger charge is -2.12. The SMILES string of the molecule is O=S(=O)(Cc1ncns1)c1cc(F)c(Oc2cc(F)cc(C(F)(F)F)c2)cc1F. The number of sulfone groups is 1. The molecule has 1 aromatic heterocycles. The average Bonchev–Trinajstić information content (AvgIpc) is 3.08. The highest BCUT2D eigenvalue weighted by Gasteiger charge is 2.32. The van der Waals surface area contributed by atoms with Crippen molar-refractivity contribution in [1.29, 1.82) is 0 Å². The van der Waals surface area contributed by atoms with E-state index in [1.807, 2.05) is 0 Å². The van der Waals surface area contributed by atoms with Gasteiger partial charge in [-0.15, -0.1) is 0 Å². The number of aromatic nitrogens is 2. The van der Waals surface area contributed by atoms with Gasteiger partial charge in [0, 0.05) is 12.1 Å². The number of rotatable bonds is 5. The highest BCUT2D eigenvalue weighted by Crippen LogP contribution is 2.35. The van der Waals surface area contributed by atoms with Crippen molar-refractivity contribution in [3.63, 3.8) is 0 Å². The van der Waals surface area contributed by atoms with Gasteiger partial charge in [0.1, 0.15) is 39.4 Å². The van der Waals surface area contributed by atoms with E-state index < -0.39 is 61.2 Å². The van der Waals surface area contributed by atoms with Gasteiger partial charge >= 0.3 is 6.18 Å². The van der Waals surface area contributed by atoms with Crippen molar-refractivity contribution in [2.75, 3.05) is 0 Å². The molecule has 0 atom stereocenters. The molecule has 3 aromatic rings. The van der Waals surface area contributed by atoms with Gasteiger partial charge in [-0.25, -0.2) is 26.6 Å². The molecule has 0 saturated carbocycles. The van der Waals surface area contributed by atoms with Gasteiger partial charge in [0.05, 0.1) is 5.56 Å². The lowest BCUT2D eigenvalue weighted by atomic mass is 10.2. The van der Waals surface area contributed by atoms with Crippen LogP contribution in [0.4, 0.5) is 26.3 Å². The van der Waals surface area contributed by atoms with Crippen molar-refractivity contribution < 1.29 is 39.5 Å². The molecule has 0 unspecified atom stereocenters. The van der Waals surface area contributed by atoms with E-state index >= 15 is 0 Å². The fourth-order valence-electron chi connectivity index (χ4n) is 2.24. The first-order valence-electron chi connectivity index (χ1n) is 7.49. The van der Waals surface area contributed by atoms with Gasteiger partial charge < -0.3 is 4.74 Å². The number of benzene rings is 2. The molecule has 0 aliphatic rings. The predicted molar refractivity (Wildman–Crippen MR) is 88.6 cm³/mol. The van der Waals surface area contributed by atoms with Crippen LogP contribution in [0.3, 0.4) is 0 Å². The van der Waals surface area contributed by atoms with E-state index in [2.05, 4.69) is 9.36 Å². The molecular formula is C16H8F6N2O3S2. The highest BCUT2D eigenvalue weighted by molar-refractivity contribution is 7.90. The zero-order valence-electron chi connectivity index (χ0n) is 13.9. The van der Waals surface area contributed by atoms with E-state index in [1.54, 1.807) is 0 Å². The van der Waals surface area contributed by atoms with E-state index in [4.69, 9.17) is 4.74 Å². The van der Waals surface area contributed by atoms with Gasteiger partial charge in [-0.2, -0.15) is 17.5 Å². The minimum absolute atomic E-state index is 0.0459. The maximum Gasteiger partial charge on any atom is 0.416 e. The lowest BCUT2D eigenvalue weighted by molar-refractivity contribution is -0.137. The molecule has 0 spiro atoms. The van der Waals surface area contributed by atoms with Crippen LogP contribution < -0.4 is 4.74 Å². The van der Waals surface area contributed by atoms with Crippen LogP contribution in [0.15, 0.2) is 41.6 Å². The zero-order chi connectivity index (χ0) is 21.4. The fraction of sp³-hybridized carbons (Fsp3) is 0.125. The van der Waals surface area contributed by atoms with E-state index in [1.165, 1.54) is 0 Å². The minimum atomic E-state index is -4.90. The number of ether oxygens (including phenoxy) is 1. The largest absolute Gasteiger partial charge is 0.454 e. The third-order valence-corrected chi connectivity index (χ3v) is 5.95. The summed E-state index contributed by atoms with van der Waals surface area (Å²) in [4.78, 5) is 2.66. The number of nitrogens with zero attached hydrogens (tertiary/aromatic N) is 2. The Morgan fingerprint density at radius 2 is 1.72 bits per heavy atom. The van der Waals surface area contributed by atoms with Gasteiger partial charge in [0.2, 0.25) is 0 Å². The second kappa shape index (κ2) is 7.63. The van der Waals surface area contributed by atoms with Gasteiger partial charge in [-0.3, -0.25) is 0 Å². The van der Waals surface area contributed by atoms with Crippen LogP contribution in [0.2, 0.25) is 0 Å². The third kappa shape index (κ3) is 4.85. The van der Waals surface area contributed by atoms with E-state index in [0.717, 1.165) is 17.9 Å². The number of hydrogen-bond acceptors (Lipinski definition) is 6. The highest BCUT2D eigenvalue weighted by atomic mass is 32.2. The minimum Gasteiger partial charge on any atom is -0.454 e. The Balaban J connectivity index is 1.94. The molecule has 154 valence electrons. The number of halogens is 6. The van der Waals surface area contributed by atoms with Crippen LogP contribution in [-0.2, 0) is 21.8 Å². The van der Waals surface area contributed by atoms with Crippen LogP contribution >= 0.6 is 11.5 Å². The maximum atomic E-state index is 14.3. The summed E-state index contributed by atoms with van der Waals surface area (Å²) in [5, 5.41) is 0.0459. The summed E-state index contributed by atoms with van der Waals surface area (Å²) < 4.78 is 113. The molecule has 29 heavy (non-hydrogen) atoms. The topological polar surface area (TPSA) is 69.2 Å². The van der Waals surface area contributed by atoms with Crippen molar-refractivity contribution in [2.24, 2.45) is 0 Å². The standard InChI is InChI=1S/C16H8F6N2O3S2/c17-9-1-8(16(20,21)22)2-10(3-9)27-13-4-12(19)14(5-11(13)18)29(25,26)6-15-23-7-24-28-15/h1-5,7H,6H2. The van der Waals surface area contributed by atoms with Gasteiger partial charge in [-0.1, -0.05) is 0 Å². The van der Waals surface area contributed by atoms with Crippen LogP contribution in [0.5, 0.6) is 11.5 Å². The van der Waals surface area contributed by atoms with Crippen molar-refractivity contribution in [3.8, 4) is 11.5 Å². The first-order valence-corrected chi connectivity index (χ1v) is 9.91. The summed E-state index contributed by atoms with van der Waals surface area (Å²) in [6.45, 7) is 0. The molecule has 3 rings (SSSR count). The Bertz CT molecular complexity index is 1150. The van der Waals surface area contributed by atoms with Crippen LogP contribution in [0.25, 0.3) is 0 Å². The Hall–Kier alpha value is -2.67. The molecule has 0 saturated heterocycles. The van der Waals surface area contributed by atoms with Crippen LogP contribution in [0, 0.1) is 17.5 Å². The fourth-order valence-corrected chi connectivity index (χ4v) is 4.42. The molecule has 0 fully saturated rings. The monoisotopic (exact) mass is 454 g/mol. The summed E-state index contributed by atoms with van der Waals surface area (Å²) in [6.07, 6.45) is -3.80. The normalized spacial score (nSPS) is 12.2. The van der Waals surface area contributed by atoms with E-state index in [-0.39, 0.29) is 11.1 Å². The Morgan fingerprint density at radius 3 is 2.34 bits per heavy atom. The molecule has 2 aromatic carbocycles. The Labute approximate surface area is 163 Å². The van der Waals surface area contributed by atoms with Gasteiger partial charge in [0.25, 0.3) is 0 Å². The summed E-state index contributed by atoms with van der Waals surface area (Å²) >= 11 is 0.755. The summed E-state index contributed by atoms with van der Waals surface area (Å²) in [6, 6.07) is 1.80. The maximum absolute atomic E-state index is 14.3. The molecule has 0 radical (unpaired) electrons. The number of hydrogen-bond donors (Lipinski definition) is 0. The smallest absolute Gasteiger partial charge is 0.416 e. The van der Waals surface area contributed by atoms with E-state index in [0.29, 0.717) is 24.3 Å². The molecule has 0 N–H and O–H groups in total. The Morgan fingerprint density at radius 1 is 1.00 bits per heavy atom. The van der Waals surface area contributed by atoms with E-state index in [9.17, 15) is 34.8 Å². The second-order valence-electron chi connectivity index (χ2n) is 5.58. The molecule has 0 aliphatic carbocycles. The summed E-state index contributed by atoms with van der Waals surface area (Å²) in [7, 11) is -4.33. The lowest BCUT2D eigenvalue weighted by Crippen LogP contribution is -2.08. The predicted octanol–water partition coefficient (Wildman–Crippen LogP) is 4.74. The first-order chi connectivity index (χ1) is 13.5. The Kier molecular flexibility index (Phi) is 5.54. The van der Waals surface area contributed by atoms with Crippen molar-refractivity contribution in [3.05, 3.63) is 64.7 Å². The molecule has 0 aliphatic heterocycles. The molecule has 0 bridgehead atoms. The van der Waals surface area contributed by atoms with Crippen molar-refractivity contribution >= 4 is 21.4 Å².